The monoisotopic (exact) mass is 132 g/mol. The van der Waals surface area contributed by atoms with Gasteiger partial charge in [-0.2, -0.15) is 0 Å². The Hall–Kier alpha value is -0.640. The number of hydrogen-bond acceptors (Lipinski definition) is 2. The van der Waals surface area contributed by atoms with E-state index < -0.39 is 12.1 Å². The Morgan fingerprint density at radius 3 is 2.44 bits per heavy atom. The zero-order chi connectivity index (χ0) is 6.85. The largest absolute Gasteiger partial charge is 0.294 e. The lowest BCUT2D eigenvalue weighted by molar-refractivity contribution is -0.130. The van der Waals surface area contributed by atoms with E-state index in [2.05, 4.69) is 0 Å². The predicted molar refractivity (Wildman–Crippen MR) is 30.0 cm³/mol. The molecule has 1 amide bonds. The van der Waals surface area contributed by atoms with Gasteiger partial charge in [0.2, 0.25) is 5.91 Å². The molecule has 0 heterocycles. The van der Waals surface area contributed by atoms with Crippen molar-refractivity contribution < 1.29 is 9.18 Å². The number of hydrazine groups is 1. The van der Waals surface area contributed by atoms with Crippen molar-refractivity contribution in [2.45, 2.75) is 19.0 Å². The van der Waals surface area contributed by atoms with Crippen LogP contribution in [-0.4, -0.2) is 12.1 Å². The van der Waals surface area contributed by atoms with Crippen molar-refractivity contribution in [3.05, 3.63) is 0 Å². The van der Waals surface area contributed by atoms with Crippen LogP contribution < -0.4 is 11.3 Å². The normalized spacial score (nSPS) is 33.1. The van der Waals surface area contributed by atoms with Crippen LogP contribution in [0.1, 0.15) is 12.8 Å². The molecule has 52 valence electrons. The molecule has 1 saturated carbocycles. The van der Waals surface area contributed by atoms with Crippen molar-refractivity contribution in [1.82, 2.24) is 5.43 Å². The lowest BCUT2D eigenvalue weighted by Gasteiger charge is -2.27. The standard InChI is InChI=1S/C5H9FN2O/c6-4-2-1-3(4)5(9)8-7/h3-4H,1-2,7H2,(H,8,9)/t3-,4+/m0/s1. The van der Waals surface area contributed by atoms with E-state index in [4.69, 9.17) is 5.84 Å². The molecule has 0 aromatic rings. The molecule has 1 aliphatic carbocycles. The molecule has 0 bridgehead atoms. The number of alkyl halides is 1. The molecule has 0 aliphatic heterocycles. The van der Waals surface area contributed by atoms with Crippen molar-refractivity contribution >= 4 is 5.91 Å². The van der Waals surface area contributed by atoms with E-state index in [9.17, 15) is 9.18 Å². The third-order valence-corrected chi connectivity index (χ3v) is 1.67. The van der Waals surface area contributed by atoms with Crippen LogP contribution in [0.2, 0.25) is 0 Å². The van der Waals surface area contributed by atoms with Crippen LogP contribution in [0.5, 0.6) is 0 Å². The molecule has 0 unspecified atom stereocenters. The summed E-state index contributed by atoms with van der Waals surface area (Å²) in [4.78, 5) is 10.5. The lowest BCUT2D eigenvalue weighted by Crippen LogP contribution is -2.44. The van der Waals surface area contributed by atoms with E-state index in [0.29, 0.717) is 12.8 Å². The van der Waals surface area contributed by atoms with Gasteiger partial charge in [-0.05, 0) is 12.8 Å². The number of rotatable bonds is 1. The van der Waals surface area contributed by atoms with E-state index in [0.717, 1.165) is 0 Å². The van der Waals surface area contributed by atoms with Gasteiger partial charge in [-0.3, -0.25) is 10.2 Å². The van der Waals surface area contributed by atoms with Crippen LogP contribution in [0.15, 0.2) is 0 Å². The summed E-state index contributed by atoms with van der Waals surface area (Å²) in [7, 11) is 0. The van der Waals surface area contributed by atoms with Crippen LogP contribution in [0.25, 0.3) is 0 Å². The summed E-state index contributed by atoms with van der Waals surface area (Å²) in [5.41, 5.74) is 1.92. The molecule has 0 aromatic carbocycles. The Balaban J connectivity index is 2.35. The zero-order valence-electron chi connectivity index (χ0n) is 4.93. The Bertz CT molecular complexity index is 128. The van der Waals surface area contributed by atoms with Gasteiger partial charge in [-0.1, -0.05) is 0 Å². The summed E-state index contributed by atoms with van der Waals surface area (Å²) in [5.74, 6) is 3.92. The van der Waals surface area contributed by atoms with E-state index in [1.54, 1.807) is 0 Å². The molecule has 2 atom stereocenters. The highest BCUT2D eigenvalue weighted by atomic mass is 19.1. The molecule has 1 rings (SSSR count). The van der Waals surface area contributed by atoms with E-state index in [1.165, 1.54) is 0 Å². The SMILES string of the molecule is NNC(=O)[C@H]1CC[C@H]1F. The third-order valence-electron chi connectivity index (χ3n) is 1.67. The summed E-state index contributed by atoms with van der Waals surface area (Å²) in [6.45, 7) is 0. The van der Waals surface area contributed by atoms with Crippen LogP contribution >= 0.6 is 0 Å². The van der Waals surface area contributed by atoms with Crippen LogP contribution in [0, 0.1) is 5.92 Å². The second-order valence-corrected chi connectivity index (χ2v) is 2.21. The summed E-state index contributed by atoms with van der Waals surface area (Å²) in [6.07, 6.45) is 0.163. The highest BCUT2D eigenvalue weighted by Crippen LogP contribution is 2.29. The average Bonchev–Trinajstić information content (AvgIpc) is 1.84. The molecule has 4 heteroatoms. The molecule has 0 saturated heterocycles. The number of amides is 1. The molecule has 1 fully saturated rings. The van der Waals surface area contributed by atoms with Crippen LogP contribution in [0.4, 0.5) is 4.39 Å². The second-order valence-electron chi connectivity index (χ2n) is 2.21. The van der Waals surface area contributed by atoms with Gasteiger partial charge in [0.15, 0.2) is 0 Å². The average molecular weight is 132 g/mol. The minimum Gasteiger partial charge on any atom is -0.294 e. The number of halogens is 1. The molecule has 0 spiro atoms. The topological polar surface area (TPSA) is 55.1 Å². The molecule has 1 aliphatic rings. The molecule has 3 nitrogen and oxygen atoms in total. The maximum atomic E-state index is 12.3. The highest BCUT2D eigenvalue weighted by Gasteiger charge is 2.36. The Kier molecular flexibility index (Phi) is 1.66. The van der Waals surface area contributed by atoms with Gasteiger partial charge in [0.25, 0.3) is 0 Å². The van der Waals surface area contributed by atoms with Crippen molar-refractivity contribution in [1.29, 1.82) is 0 Å². The van der Waals surface area contributed by atoms with Crippen molar-refractivity contribution in [3.8, 4) is 0 Å². The van der Waals surface area contributed by atoms with Gasteiger partial charge in [0, 0.05) is 0 Å². The van der Waals surface area contributed by atoms with Crippen LogP contribution in [-0.2, 0) is 4.79 Å². The van der Waals surface area contributed by atoms with Crippen molar-refractivity contribution in [2.75, 3.05) is 0 Å². The molecular formula is C5H9FN2O. The van der Waals surface area contributed by atoms with Gasteiger partial charge < -0.3 is 0 Å². The first kappa shape index (κ1) is 6.48. The Morgan fingerprint density at radius 2 is 2.33 bits per heavy atom. The fraction of sp³-hybridized carbons (Fsp3) is 0.800. The van der Waals surface area contributed by atoms with E-state index in [-0.39, 0.29) is 5.91 Å². The maximum absolute atomic E-state index is 12.3. The fourth-order valence-electron chi connectivity index (χ4n) is 0.862. The number of nitrogens with one attached hydrogen (secondary N) is 1. The van der Waals surface area contributed by atoms with Gasteiger partial charge in [-0.25, -0.2) is 10.2 Å². The molecule has 0 aromatic heterocycles. The molecule has 9 heavy (non-hydrogen) atoms. The molecule has 0 radical (unpaired) electrons. The molecular weight excluding hydrogens is 123 g/mol. The summed E-state index contributed by atoms with van der Waals surface area (Å²) >= 11 is 0. The van der Waals surface area contributed by atoms with E-state index in [1.807, 2.05) is 5.43 Å². The predicted octanol–water partition coefficient (Wildman–Crippen LogP) is -0.276. The van der Waals surface area contributed by atoms with E-state index >= 15 is 0 Å². The number of hydrogen-bond donors (Lipinski definition) is 2. The summed E-state index contributed by atoms with van der Waals surface area (Å²) in [5, 5.41) is 0. The van der Waals surface area contributed by atoms with Gasteiger partial charge in [-0.15, -0.1) is 0 Å². The van der Waals surface area contributed by atoms with Crippen LogP contribution in [0.3, 0.4) is 0 Å². The zero-order valence-corrected chi connectivity index (χ0v) is 4.93. The number of carbonyl (C=O) groups is 1. The smallest absolute Gasteiger partial charge is 0.239 e. The first-order valence-corrected chi connectivity index (χ1v) is 2.90. The second kappa shape index (κ2) is 2.31. The summed E-state index contributed by atoms with van der Waals surface area (Å²) < 4.78 is 12.3. The van der Waals surface area contributed by atoms with Crippen molar-refractivity contribution in [3.63, 3.8) is 0 Å². The number of nitrogens with two attached hydrogens (primary N) is 1. The third kappa shape index (κ3) is 1.03. The highest BCUT2D eigenvalue weighted by molar-refractivity contribution is 5.79. The maximum Gasteiger partial charge on any atom is 0.239 e. The van der Waals surface area contributed by atoms with Crippen molar-refractivity contribution in [2.24, 2.45) is 11.8 Å². The van der Waals surface area contributed by atoms with Gasteiger partial charge in [0.1, 0.15) is 6.17 Å². The first-order chi connectivity index (χ1) is 4.25. The van der Waals surface area contributed by atoms with Gasteiger partial charge >= 0.3 is 0 Å². The minimum atomic E-state index is -0.964. The Morgan fingerprint density at radius 1 is 1.67 bits per heavy atom. The first-order valence-electron chi connectivity index (χ1n) is 2.90. The quantitative estimate of drug-likeness (QED) is 0.293. The lowest BCUT2D eigenvalue weighted by atomic mass is 9.83. The number of carbonyl (C=O) groups excluding carboxylic acids is 1. The Labute approximate surface area is 52.4 Å². The minimum absolute atomic E-state index is 0.381. The summed E-state index contributed by atoms with van der Waals surface area (Å²) in [6, 6.07) is 0. The van der Waals surface area contributed by atoms with Gasteiger partial charge in [0.05, 0.1) is 5.92 Å². The fourth-order valence-corrected chi connectivity index (χ4v) is 0.862. The molecule has 3 N–H and O–H groups in total.